The van der Waals surface area contributed by atoms with Crippen LogP contribution in [0.15, 0.2) is 59.5 Å². The molecular formula is C23H17NO5S2. The van der Waals surface area contributed by atoms with Crippen LogP contribution in [-0.4, -0.2) is 43.3 Å². The molecule has 0 aromatic heterocycles. The Balaban J connectivity index is 1.80. The predicted octanol–water partition coefficient (Wildman–Crippen LogP) is 4.51. The molecule has 2 N–H and O–H groups in total. The Bertz CT molecular complexity index is 1230. The van der Waals surface area contributed by atoms with E-state index >= 15 is 0 Å². The van der Waals surface area contributed by atoms with Crippen molar-refractivity contribution in [2.45, 2.75) is 18.9 Å². The van der Waals surface area contributed by atoms with Crippen molar-refractivity contribution < 1.29 is 24.6 Å². The number of carboxylic acids is 2. The van der Waals surface area contributed by atoms with Crippen LogP contribution in [0.25, 0.3) is 27.6 Å². The molecule has 1 heterocycles. The summed E-state index contributed by atoms with van der Waals surface area (Å²) in [7, 11) is 0. The highest BCUT2D eigenvalue weighted by Gasteiger charge is 2.40. The number of benzene rings is 3. The number of fused-ring (bicyclic) bond motifs is 2. The minimum absolute atomic E-state index is 0.110. The monoisotopic (exact) mass is 451 g/mol. The standard InChI is InChI=1S/C23H17NO5S2/c25-20(26)10-9-18(22(28)29)24-21(27)19(31-23(24)30)12-17-15-7-3-1-5-13(15)11-14-6-2-4-8-16(14)17/h1-8,11-12,18H,9-10H2,(H,25,26)(H,28,29)/b19-12-. The summed E-state index contributed by atoms with van der Waals surface area (Å²) in [4.78, 5) is 37.1. The molecule has 156 valence electrons. The summed E-state index contributed by atoms with van der Waals surface area (Å²) in [5, 5.41) is 22.5. The number of carbonyl (C=O) groups is 3. The van der Waals surface area contributed by atoms with Gasteiger partial charge in [0.2, 0.25) is 0 Å². The summed E-state index contributed by atoms with van der Waals surface area (Å²) < 4.78 is 0.110. The largest absolute Gasteiger partial charge is 0.481 e. The van der Waals surface area contributed by atoms with Gasteiger partial charge in [0, 0.05) is 6.42 Å². The van der Waals surface area contributed by atoms with Gasteiger partial charge in [0.15, 0.2) is 0 Å². The van der Waals surface area contributed by atoms with Crippen LogP contribution in [0.5, 0.6) is 0 Å². The molecule has 3 aromatic rings. The van der Waals surface area contributed by atoms with E-state index in [1.807, 2.05) is 48.5 Å². The van der Waals surface area contributed by atoms with Gasteiger partial charge in [-0.05, 0) is 45.7 Å². The van der Waals surface area contributed by atoms with Gasteiger partial charge in [0.1, 0.15) is 10.4 Å². The number of thiocarbonyl (C=S) groups is 1. The van der Waals surface area contributed by atoms with Crippen molar-refractivity contribution in [1.82, 2.24) is 4.90 Å². The second-order valence-electron chi connectivity index (χ2n) is 7.07. The van der Waals surface area contributed by atoms with E-state index in [9.17, 15) is 19.5 Å². The minimum Gasteiger partial charge on any atom is -0.481 e. The highest BCUT2D eigenvalue weighted by molar-refractivity contribution is 8.26. The first-order chi connectivity index (χ1) is 14.9. The summed E-state index contributed by atoms with van der Waals surface area (Å²) in [6.07, 6.45) is 1.16. The molecular weight excluding hydrogens is 434 g/mol. The lowest BCUT2D eigenvalue weighted by Crippen LogP contribution is -2.44. The van der Waals surface area contributed by atoms with E-state index in [1.165, 1.54) is 0 Å². The number of rotatable bonds is 6. The Morgan fingerprint density at radius 2 is 1.61 bits per heavy atom. The van der Waals surface area contributed by atoms with E-state index in [0.717, 1.165) is 43.8 Å². The smallest absolute Gasteiger partial charge is 0.326 e. The highest BCUT2D eigenvalue weighted by atomic mass is 32.2. The van der Waals surface area contributed by atoms with Gasteiger partial charge in [-0.25, -0.2) is 4.79 Å². The molecule has 0 saturated carbocycles. The Labute approximate surface area is 187 Å². The summed E-state index contributed by atoms with van der Waals surface area (Å²) in [5.74, 6) is -2.94. The lowest BCUT2D eigenvalue weighted by atomic mass is 9.96. The minimum atomic E-state index is -1.32. The van der Waals surface area contributed by atoms with Crippen LogP contribution in [0.2, 0.25) is 0 Å². The van der Waals surface area contributed by atoms with E-state index in [1.54, 1.807) is 6.08 Å². The van der Waals surface area contributed by atoms with E-state index in [2.05, 4.69) is 6.07 Å². The quantitative estimate of drug-likeness (QED) is 0.323. The van der Waals surface area contributed by atoms with Crippen molar-refractivity contribution in [3.05, 3.63) is 65.1 Å². The molecule has 0 aliphatic carbocycles. The molecule has 1 atom stereocenters. The number of aliphatic carboxylic acids is 2. The second-order valence-corrected chi connectivity index (χ2v) is 8.75. The van der Waals surface area contributed by atoms with Crippen LogP contribution in [0.3, 0.4) is 0 Å². The molecule has 4 rings (SSSR count). The summed E-state index contributed by atoms with van der Waals surface area (Å²) in [6, 6.07) is 16.4. The van der Waals surface area contributed by atoms with Gasteiger partial charge in [0.25, 0.3) is 5.91 Å². The zero-order valence-electron chi connectivity index (χ0n) is 16.1. The van der Waals surface area contributed by atoms with Crippen molar-refractivity contribution in [3.8, 4) is 0 Å². The number of carboxylic acid groups (broad SMARTS) is 2. The van der Waals surface area contributed by atoms with Crippen molar-refractivity contribution >= 4 is 73.8 Å². The van der Waals surface area contributed by atoms with E-state index in [4.69, 9.17) is 17.3 Å². The summed E-state index contributed by atoms with van der Waals surface area (Å²) in [5.41, 5.74) is 0.853. The first-order valence-corrected chi connectivity index (χ1v) is 10.7. The topological polar surface area (TPSA) is 94.9 Å². The van der Waals surface area contributed by atoms with Gasteiger partial charge < -0.3 is 10.2 Å². The molecule has 0 radical (unpaired) electrons. The number of amides is 1. The molecule has 31 heavy (non-hydrogen) atoms. The first kappa shape index (κ1) is 21.0. The molecule has 8 heteroatoms. The maximum Gasteiger partial charge on any atom is 0.326 e. The fraction of sp³-hybridized carbons (Fsp3) is 0.130. The van der Waals surface area contributed by atoms with Crippen LogP contribution in [0, 0.1) is 0 Å². The molecule has 0 spiro atoms. The number of hydrogen-bond donors (Lipinski definition) is 2. The average Bonchev–Trinajstić information content (AvgIpc) is 3.01. The normalized spacial score (nSPS) is 16.4. The molecule has 1 saturated heterocycles. The Hall–Kier alpha value is -3.23. The van der Waals surface area contributed by atoms with Crippen molar-refractivity contribution in [2.24, 2.45) is 0 Å². The molecule has 1 aliphatic rings. The lowest BCUT2D eigenvalue weighted by Gasteiger charge is -2.22. The van der Waals surface area contributed by atoms with Gasteiger partial charge in [0.05, 0.1) is 4.91 Å². The SMILES string of the molecule is O=C(O)CCC(C(=O)O)N1C(=O)/C(=C/c2c3ccccc3cc3ccccc23)SC1=S. The molecule has 0 bridgehead atoms. The fourth-order valence-corrected chi connectivity index (χ4v) is 5.05. The zero-order chi connectivity index (χ0) is 22.1. The Morgan fingerprint density at radius 3 is 2.16 bits per heavy atom. The van der Waals surface area contributed by atoms with Gasteiger partial charge in [-0.15, -0.1) is 0 Å². The fourth-order valence-electron chi connectivity index (χ4n) is 3.71. The van der Waals surface area contributed by atoms with E-state index < -0.39 is 23.9 Å². The van der Waals surface area contributed by atoms with Crippen molar-refractivity contribution in [1.29, 1.82) is 0 Å². The molecule has 1 aliphatic heterocycles. The highest BCUT2D eigenvalue weighted by Crippen LogP contribution is 2.38. The maximum absolute atomic E-state index is 13.1. The average molecular weight is 452 g/mol. The lowest BCUT2D eigenvalue weighted by molar-refractivity contribution is -0.146. The summed E-state index contributed by atoms with van der Waals surface area (Å²) >= 11 is 6.33. The number of nitrogens with zero attached hydrogens (tertiary/aromatic N) is 1. The van der Waals surface area contributed by atoms with Crippen LogP contribution < -0.4 is 0 Å². The number of carbonyl (C=O) groups excluding carboxylic acids is 1. The Morgan fingerprint density at radius 1 is 1.03 bits per heavy atom. The molecule has 1 amide bonds. The van der Waals surface area contributed by atoms with Gasteiger partial charge in [-0.2, -0.15) is 0 Å². The number of hydrogen-bond acceptors (Lipinski definition) is 5. The molecule has 6 nitrogen and oxygen atoms in total. The molecule has 1 unspecified atom stereocenters. The van der Waals surface area contributed by atoms with Crippen LogP contribution in [0.1, 0.15) is 18.4 Å². The van der Waals surface area contributed by atoms with E-state index in [0.29, 0.717) is 4.91 Å². The second kappa shape index (κ2) is 8.49. The third kappa shape index (κ3) is 4.04. The van der Waals surface area contributed by atoms with Gasteiger partial charge >= 0.3 is 11.9 Å². The molecule has 3 aromatic carbocycles. The van der Waals surface area contributed by atoms with Gasteiger partial charge in [-0.1, -0.05) is 72.5 Å². The van der Waals surface area contributed by atoms with Crippen LogP contribution in [-0.2, 0) is 14.4 Å². The van der Waals surface area contributed by atoms with Crippen LogP contribution >= 0.6 is 24.0 Å². The van der Waals surface area contributed by atoms with Crippen LogP contribution in [0.4, 0.5) is 0 Å². The maximum atomic E-state index is 13.1. The third-order valence-electron chi connectivity index (χ3n) is 5.14. The van der Waals surface area contributed by atoms with Crippen molar-refractivity contribution in [3.63, 3.8) is 0 Å². The number of thioether (sulfide) groups is 1. The summed E-state index contributed by atoms with van der Waals surface area (Å²) in [6.45, 7) is 0. The predicted molar refractivity (Wildman–Crippen MR) is 125 cm³/mol. The van der Waals surface area contributed by atoms with Crippen molar-refractivity contribution in [2.75, 3.05) is 0 Å². The first-order valence-electron chi connectivity index (χ1n) is 9.49. The van der Waals surface area contributed by atoms with E-state index in [-0.39, 0.29) is 17.2 Å². The molecule has 1 fully saturated rings. The Kier molecular flexibility index (Phi) is 5.75. The third-order valence-corrected chi connectivity index (χ3v) is 6.47. The van der Waals surface area contributed by atoms with Gasteiger partial charge in [-0.3, -0.25) is 14.5 Å². The zero-order valence-corrected chi connectivity index (χ0v) is 17.8.